The van der Waals surface area contributed by atoms with Gasteiger partial charge in [0.05, 0.1) is 25.6 Å². The molecule has 0 aliphatic carbocycles. The normalized spacial score (nSPS) is 10.5. The number of anilines is 2. The van der Waals surface area contributed by atoms with Crippen molar-refractivity contribution in [3.8, 4) is 5.75 Å². The Hall–Kier alpha value is -3.59. The van der Waals surface area contributed by atoms with Crippen LogP contribution in [-0.2, 0) is 16.0 Å². The first-order valence-corrected chi connectivity index (χ1v) is 9.89. The molecule has 31 heavy (non-hydrogen) atoms. The third kappa shape index (κ3) is 7.63. The number of carbonyl (C=O) groups excluding carboxylic acids is 2. The highest BCUT2D eigenvalue weighted by Crippen LogP contribution is 2.26. The molecule has 0 fully saturated rings. The molecule has 0 saturated carbocycles. The van der Waals surface area contributed by atoms with Gasteiger partial charge in [-0.1, -0.05) is 31.2 Å². The summed E-state index contributed by atoms with van der Waals surface area (Å²) in [6.45, 7) is 4.44. The maximum atomic E-state index is 12.3. The zero-order valence-electron chi connectivity index (χ0n) is 17.9. The molecule has 0 saturated heterocycles. The van der Waals surface area contributed by atoms with Crippen LogP contribution in [0.2, 0.25) is 0 Å². The molecule has 2 aromatic carbocycles. The van der Waals surface area contributed by atoms with Crippen LogP contribution in [0.15, 0.2) is 42.5 Å². The molecule has 0 radical (unpaired) electrons. The van der Waals surface area contributed by atoms with E-state index in [9.17, 15) is 14.4 Å². The second-order valence-electron chi connectivity index (χ2n) is 6.86. The predicted molar refractivity (Wildman–Crippen MR) is 118 cm³/mol. The number of hydrogen-bond donors (Lipinski definition) is 4. The first-order valence-electron chi connectivity index (χ1n) is 9.89. The lowest BCUT2D eigenvalue weighted by molar-refractivity contribution is -0.138. The van der Waals surface area contributed by atoms with Crippen molar-refractivity contribution in [2.24, 2.45) is 0 Å². The Bertz CT molecular complexity index is 932. The largest absolute Gasteiger partial charge is 0.495 e. The van der Waals surface area contributed by atoms with Crippen LogP contribution in [0.4, 0.5) is 16.2 Å². The molecule has 166 valence electrons. The number of ether oxygens (including phenoxy) is 1. The van der Waals surface area contributed by atoms with E-state index in [1.165, 1.54) is 7.11 Å². The lowest BCUT2D eigenvalue weighted by atomic mass is 10.1. The van der Waals surface area contributed by atoms with Gasteiger partial charge in [-0.2, -0.15) is 0 Å². The number of rotatable bonds is 10. The van der Waals surface area contributed by atoms with E-state index in [0.29, 0.717) is 29.2 Å². The van der Waals surface area contributed by atoms with Gasteiger partial charge in [-0.25, -0.2) is 9.80 Å². The van der Waals surface area contributed by atoms with Crippen molar-refractivity contribution < 1.29 is 24.2 Å². The molecular weight excluding hydrogens is 400 g/mol. The van der Waals surface area contributed by atoms with E-state index in [0.717, 1.165) is 5.56 Å². The van der Waals surface area contributed by atoms with E-state index < -0.39 is 12.0 Å². The molecule has 2 aromatic rings. The first kappa shape index (κ1) is 23.7. The average molecular weight is 428 g/mol. The minimum atomic E-state index is -0.924. The number of benzene rings is 2. The molecule has 2 rings (SSSR count). The summed E-state index contributed by atoms with van der Waals surface area (Å²) < 4.78 is 5.36. The number of para-hydroxylation sites is 1. The number of urea groups is 1. The minimum Gasteiger partial charge on any atom is -0.495 e. The highest BCUT2D eigenvalue weighted by molar-refractivity contribution is 6.01. The van der Waals surface area contributed by atoms with E-state index in [2.05, 4.69) is 16.1 Å². The highest BCUT2D eigenvalue weighted by Gasteiger charge is 2.13. The summed E-state index contributed by atoms with van der Waals surface area (Å²) in [5.41, 5.74) is 5.50. The van der Waals surface area contributed by atoms with Crippen LogP contribution in [0.1, 0.15) is 24.5 Å². The summed E-state index contributed by atoms with van der Waals surface area (Å²) in [6.07, 6.45) is 0.0164. The lowest BCUT2D eigenvalue weighted by Gasteiger charge is -2.20. The number of amides is 3. The van der Waals surface area contributed by atoms with Crippen LogP contribution in [0, 0.1) is 6.92 Å². The Labute approximate surface area is 181 Å². The van der Waals surface area contributed by atoms with Gasteiger partial charge < -0.3 is 20.5 Å². The Morgan fingerprint density at radius 3 is 2.42 bits per heavy atom. The zero-order valence-corrected chi connectivity index (χ0v) is 17.9. The lowest BCUT2D eigenvalue weighted by Crippen LogP contribution is -2.43. The zero-order chi connectivity index (χ0) is 22.8. The van der Waals surface area contributed by atoms with Gasteiger partial charge in [-0.15, -0.1) is 0 Å². The van der Waals surface area contributed by atoms with Crippen LogP contribution in [0.3, 0.4) is 0 Å². The molecule has 4 N–H and O–H groups in total. The van der Waals surface area contributed by atoms with Crippen molar-refractivity contribution in [3.05, 3.63) is 53.6 Å². The fourth-order valence-electron chi connectivity index (χ4n) is 2.86. The van der Waals surface area contributed by atoms with Crippen LogP contribution >= 0.6 is 0 Å². The fourth-order valence-corrected chi connectivity index (χ4v) is 2.86. The second kappa shape index (κ2) is 11.6. The van der Waals surface area contributed by atoms with Gasteiger partial charge in [0.1, 0.15) is 5.75 Å². The number of aryl methyl sites for hydroxylation is 1. The number of aliphatic carboxylic acids is 1. The summed E-state index contributed by atoms with van der Waals surface area (Å²) in [6, 6.07) is 12.1. The third-order valence-corrected chi connectivity index (χ3v) is 4.53. The maximum Gasteiger partial charge on any atom is 0.323 e. The average Bonchev–Trinajstić information content (AvgIpc) is 2.73. The molecule has 0 atom stereocenters. The SMILES string of the molecule is CCN(CCC(=O)O)NC(=O)Cc1ccc(NC(=O)Nc2ccccc2C)c(OC)c1. The Morgan fingerprint density at radius 1 is 1.06 bits per heavy atom. The number of nitrogens with zero attached hydrogens (tertiary/aromatic N) is 1. The van der Waals surface area contributed by atoms with Gasteiger partial charge in [0.25, 0.3) is 0 Å². The van der Waals surface area contributed by atoms with Crippen LogP contribution in [0.25, 0.3) is 0 Å². The fraction of sp³-hybridized carbons (Fsp3) is 0.318. The highest BCUT2D eigenvalue weighted by atomic mass is 16.5. The number of methoxy groups -OCH3 is 1. The van der Waals surface area contributed by atoms with E-state index in [1.54, 1.807) is 23.2 Å². The van der Waals surface area contributed by atoms with E-state index in [1.807, 2.05) is 38.1 Å². The van der Waals surface area contributed by atoms with Crippen LogP contribution in [-0.4, -0.2) is 48.2 Å². The molecule has 9 heteroatoms. The molecule has 3 amide bonds. The number of carboxylic acid groups (broad SMARTS) is 1. The third-order valence-electron chi connectivity index (χ3n) is 4.53. The second-order valence-corrected chi connectivity index (χ2v) is 6.86. The molecule has 0 aliphatic rings. The number of carboxylic acids is 1. The number of hydrazine groups is 1. The van der Waals surface area contributed by atoms with E-state index >= 15 is 0 Å². The summed E-state index contributed by atoms with van der Waals surface area (Å²) in [7, 11) is 1.48. The molecule has 0 bridgehead atoms. The molecule has 0 heterocycles. The molecule has 9 nitrogen and oxygen atoms in total. The summed E-state index contributed by atoms with van der Waals surface area (Å²) in [5, 5.41) is 15.9. The van der Waals surface area contributed by atoms with Crippen molar-refractivity contribution >= 4 is 29.3 Å². The predicted octanol–water partition coefficient (Wildman–Crippen LogP) is 3.02. The summed E-state index contributed by atoms with van der Waals surface area (Å²) in [4.78, 5) is 35.3. The van der Waals surface area contributed by atoms with Crippen molar-refractivity contribution in [1.29, 1.82) is 0 Å². The van der Waals surface area contributed by atoms with Crippen molar-refractivity contribution in [2.45, 2.75) is 26.7 Å². The standard InChI is InChI=1S/C22H28N4O5/c1-4-26(12-11-21(28)29)25-20(27)14-16-9-10-18(19(13-16)31-3)24-22(30)23-17-8-6-5-7-15(17)2/h5-10,13H,4,11-12,14H2,1-3H3,(H,25,27)(H,28,29)(H2,23,24,30). The van der Waals surface area contributed by atoms with Crippen molar-refractivity contribution in [1.82, 2.24) is 10.4 Å². The molecule has 0 aromatic heterocycles. The Balaban J connectivity index is 1.99. The van der Waals surface area contributed by atoms with Gasteiger partial charge >= 0.3 is 12.0 Å². The summed E-state index contributed by atoms with van der Waals surface area (Å²) >= 11 is 0. The van der Waals surface area contributed by atoms with Crippen molar-refractivity contribution in [3.63, 3.8) is 0 Å². The topological polar surface area (TPSA) is 120 Å². The molecule has 0 unspecified atom stereocenters. The summed E-state index contributed by atoms with van der Waals surface area (Å²) in [5.74, 6) is -0.775. The van der Waals surface area contributed by atoms with Crippen molar-refractivity contribution in [2.75, 3.05) is 30.8 Å². The van der Waals surface area contributed by atoms with Gasteiger partial charge in [0.2, 0.25) is 5.91 Å². The van der Waals surface area contributed by atoms with E-state index in [-0.39, 0.29) is 25.3 Å². The number of nitrogens with one attached hydrogen (secondary N) is 3. The Kier molecular flexibility index (Phi) is 8.83. The van der Waals surface area contributed by atoms with Gasteiger partial charge in [-0.05, 0) is 36.2 Å². The van der Waals surface area contributed by atoms with Crippen LogP contribution < -0.4 is 20.8 Å². The number of hydrogen-bond acceptors (Lipinski definition) is 5. The quantitative estimate of drug-likeness (QED) is 0.432. The molecule has 0 aliphatic heterocycles. The molecular formula is C22H28N4O5. The Morgan fingerprint density at radius 2 is 1.77 bits per heavy atom. The van der Waals surface area contributed by atoms with E-state index in [4.69, 9.17) is 9.84 Å². The van der Waals surface area contributed by atoms with Gasteiger partial charge in [-0.3, -0.25) is 15.0 Å². The number of carbonyl (C=O) groups is 3. The molecule has 0 spiro atoms. The van der Waals surface area contributed by atoms with Gasteiger partial charge in [0.15, 0.2) is 0 Å². The maximum absolute atomic E-state index is 12.3. The monoisotopic (exact) mass is 428 g/mol. The van der Waals surface area contributed by atoms with Gasteiger partial charge in [0, 0.05) is 18.8 Å². The first-order chi connectivity index (χ1) is 14.8. The minimum absolute atomic E-state index is 0.0626. The smallest absolute Gasteiger partial charge is 0.323 e. The van der Waals surface area contributed by atoms with Crippen LogP contribution in [0.5, 0.6) is 5.75 Å².